The van der Waals surface area contributed by atoms with E-state index in [0.717, 1.165) is 24.5 Å². The molecule has 4 heteroatoms. The maximum absolute atomic E-state index is 9.24. The topological polar surface area (TPSA) is 62.3 Å². The number of anilines is 1. The van der Waals surface area contributed by atoms with E-state index >= 15 is 0 Å². The Labute approximate surface area is 115 Å². The van der Waals surface area contributed by atoms with Crippen molar-refractivity contribution in [3.05, 3.63) is 23.8 Å². The molecule has 1 aromatic rings. The van der Waals surface area contributed by atoms with Gasteiger partial charge in [-0.15, -0.1) is 0 Å². The lowest BCUT2D eigenvalue weighted by Crippen LogP contribution is -2.39. The van der Waals surface area contributed by atoms with Gasteiger partial charge >= 0.3 is 0 Å². The van der Waals surface area contributed by atoms with Gasteiger partial charge in [-0.1, -0.05) is 13.8 Å². The van der Waals surface area contributed by atoms with E-state index in [-0.39, 0.29) is 5.41 Å². The molecule has 0 spiro atoms. The van der Waals surface area contributed by atoms with Crippen LogP contribution in [-0.4, -0.2) is 26.7 Å². The zero-order valence-corrected chi connectivity index (χ0v) is 12.2. The second-order valence-electron chi connectivity index (χ2n) is 5.38. The van der Waals surface area contributed by atoms with Gasteiger partial charge in [0.15, 0.2) is 0 Å². The first-order chi connectivity index (χ1) is 8.97. The Bertz CT molecular complexity index is 463. The molecule has 0 amide bonds. The number of hydrogen-bond acceptors (Lipinski definition) is 4. The lowest BCUT2D eigenvalue weighted by Gasteiger charge is -2.33. The van der Waals surface area contributed by atoms with E-state index in [1.807, 2.05) is 12.1 Å². The highest BCUT2D eigenvalue weighted by atomic mass is 16.5. The van der Waals surface area contributed by atoms with Gasteiger partial charge in [0, 0.05) is 19.2 Å². The van der Waals surface area contributed by atoms with E-state index in [2.05, 4.69) is 31.7 Å². The first-order valence-corrected chi connectivity index (χ1v) is 6.50. The molecule has 2 N–H and O–H groups in total. The standard InChI is InChI=1S/C15H23N3O/c1-5-18(11-15(2,3)10-17)14-8-13(19-4)7-6-12(14)9-16/h6-8H,5,10-11,17H2,1-4H3. The number of nitrogens with two attached hydrogens (primary N) is 1. The average Bonchev–Trinajstić information content (AvgIpc) is 2.44. The van der Waals surface area contributed by atoms with Crippen LogP contribution in [0, 0.1) is 16.7 Å². The fourth-order valence-electron chi connectivity index (χ4n) is 1.94. The molecular formula is C15H23N3O. The molecule has 0 unspecified atom stereocenters. The SMILES string of the molecule is CCN(CC(C)(C)CN)c1cc(OC)ccc1C#N. The lowest BCUT2D eigenvalue weighted by molar-refractivity contribution is 0.379. The third kappa shape index (κ3) is 3.87. The van der Waals surface area contributed by atoms with Crippen molar-refractivity contribution in [2.24, 2.45) is 11.1 Å². The van der Waals surface area contributed by atoms with Crippen molar-refractivity contribution in [3.8, 4) is 11.8 Å². The number of methoxy groups -OCH3 is 1. The van der Waals surface area contributed by atoms with Crippen LogP contribution >= 0.6 is 0 Å². The fourth-order valence-corrected chi connectivity index (χ4v) is 1.94. The summed E-state index contributed by atoms with van der Waals surface area (Å²) in [7, 11) is 1.63. The van der Waals surface area contributed by atoms with Crippen LogP contribution in [0.5, 0.6) is 5.75 Å². The molecule has 19 heavy (non-hydrogen) atoms. The minimum Gasteiger partial charge on any atom is -0.497 e. The monoisotopic (exact) mass is 261 g/mol. The summed E-state index contributed by atoms with van der Waals surface area (Å²) in [6, 6.07) is 7.76. The first-order valence-electron chi connectivity index (χ1n) is 6.50. The molecule has 0 saturated carbocycles. The molecule has 1 rings (SSSR count). The molecule has 0 atom stereocenters. The Kier molecular flexibility index (Phi) is 5.20. The molecule has 0 aromatic heterocycles. The maximum atomic E-state index is 9.24. The van der Waals surface area contributed by atoms with Gasteiger partial charge in [-0.25, -0.2) is 0 Å². The fraction of sp³-hybridized carbons (Fsp3) is 0.533. The van der Waals surface area contributed by atoms with E-state index in [9.17, 15) is 5.26 Å². The van der Waals surface area contributed by atoms with Crippen LogP contribution in [0.15, 0.2) is 18.2 Å². The predicted molar refractivity (Wildman–Crippen MR) is 78.4 cm³/mol. The van der Waals surface area contributed by atoms with E-state index in [1.165, 1.54) is 0 Å². The smallest absolute Gasteiger partial charge is 0.121 e. The Morgan fingerprint density at radius 3 is 2.58 bits per heavy atom. The van der Waals surface area contributed by atoms with Crippen LogP contribution in [0.3, 0.4) is 0 Å². The molecule has 0 radical (unpaired) electrons. The molecule has 0 aliphatic heterocycles. The lowest BCUT2D eigenvalue weighted by atomic mass is 9.92. The van der Waals surface area contributed by atoms with Gasteiger partial charge in [0.05, 0.1) is 18.4 Å². The molecule has 0 saturated heterocycles. The van der Waals surface area contributed by atoms with Gasteiger partial charge in [-0.2, -0.15) is 5.26 Å². The number of nitrogens with zero attached hydrogens (tertiary/aromatic N) is 2. The van der Waals surface area contributed by atoms with E-state index in [1.54, 1.807) is 13.2 Å². The summed E-state index contributed by atoms with van der Waals surface area (Å²) in [5.74, 6) is 0.762. The molecular weight excluding hydrogens is 238 g/mol. The number of benzene rings is 1. The van der Waals surface area contributed by atoms with Gasteiger partial charge < -0.3 is 15.4 Å². The van der Waals surface area contributed by atoms with Gasteiger partial charge in [0.25, 0.3) is 0 Å². The van der Waals surface area contributed by atoms with Crippen molar-refractivity contribution < 1.29 is 4.74 Å². The third-order valence-electron chi connectivity index (χ3n) is 3.22. The van der Waals surface area contributed by atoms with E-state index in [4.69, 9.17) is 10.5 Å². The second-order valence-corrected chi connectivity index (χ2v) is 5.38. The second kappa shape index (κ2) is 6.44. The van der Waals surface area contributed by atoms with Crippen molar-refractivity contribution in [1.82, 2.24) is 0 Å². The summed E-state index contributed by atoms with van der Waals surface area (Å²) in [6.07, 6.45) is 0. The number of rotatable bonds is 6. The predicted octanol–water partition coefficient (Wildman–Crippen LogP) is 2.38. The highest BCUT2D eigenvalue weighted by Crippen LogP contribution is 2.28. The zero-order valence-electron chi connectivity index (χ0n) is 12.2. The summed E-state index contributed by atoms with van der Waals surface area (Å²) in [5, 5.41) is 9.24. The van der Waals surface area contributed by atoms with E-state index < -0.39 is 0 Å². The quantitative estimate of drug-likeness (QED) is 0.854. The highest BCUT2D eigenvalue weighted by molar-refractivity contribution is 5.62. The molecule has 1 aromatic carbocycles. The van der Waals surface area contributed by atoms with Crippen LogP contribution in [-0.2, 0) is 0 Å². The van der Waals surface area contributed by atoms with Crippen LogP contribution < -0.4 is 15.4 Å². The molecule has 0 bridgehead atoms. The van der Waals surface area contributed by atoms with Crippen molar-refractivity contribution in [2.75, 3.05) is 31.6 Å². The summed E-state index contributed by atoms with van der Waals surface area (Å²) < 4.78 is 5.24. The van der Waals surface area contributed by atoms with Crippen molar-refractivity contribution in [3.63, 3.8) is 0 Å². The van der Waals surface area contributed by atoms with E-state index in [0.29, 0.717) is 12.1 Å². The molecule has 4 nitrogen and oxygen atoms in total. The van der Waals surface area contributed by atoms with Crippen LogP contribution in [0.2, 0.25) is 0 Å². The van der Waals surface area contributed by atoms with Crippen molar-refractivity contribution in [2.45, 2.75) is 20.8 Å². The Balaban J connectivity index is 3.13. The molecule has 104 valence electrons. The summed E-state index contributed by atoms with van der Waals surface area (Å²) in [5.41, 5.74) is 7.37. The normalized spacial score (nSPS) is 10.9. The van der Waals surface area contributed by atoms with Gasteiger partial charge in [-0.3, -0.25) is 0 Å². The highest BCUT2D eigenvalue weighted by Gasteiger charge is 2.21. The van der Waals surface area contributed by atoms with Gasteiger partial charge in [0.1, 0.15) is 11.8 Å². The van der Waals surface area contributed by atoms with Crippen LogP contribution in [0.25, 0.3) is 0 Å². The summed E-state index contributed by atoms with van der Waals surface area (Å²) in [6.45, 7) is 8.57. The molecule has 0 fully saturated rings. The maximum Gasteiger partial charge on any atom is 0.121 e. The third-order valence-corrected chi connectivity index (χ3v) is 3.22. The van der Waals surface area contributed by atoms with Gasteiger partial charge in [0.2, 0.25) is 0 Å². The Morgan fingerprint density at radius 1 is 1.42 bits per heavy atom. The minimum absolute atomic E-state index is 0.00577. The summed E-state index contributed by atoms with van der Waals surface area (Å²) >= 11 is 0. The van der Waals surface area contributed by atoms with Crippen molar-refractivity contribution in [1.29, 1.82) is 5.26 Å². The number of nitriles is 1. The Hall–Kier alpha value is -1.73. The zero-order chi connectivity index (χ0) is 14.5. The first kappa shape index (κ1) is 15.3. The number of hydrogen-bond donors (Lipinski definition) is 1. The van der Waals surface area contributed by atoms with Crippen LogP contribution in [0.1, 0.15) is 26.3 Å². The Morgan fingerprint density at radius 2 is 2.11 bits per heavy atom. The molecule has 0 aliphatic rings. The van der Waals surface area contributed by atoms with Crippen LogP contribution in [0.4, 0.5) is 5.69 Å². The number of ether oxygens (including phenoxy) is 1. The minimum atomic E-state index is 0.00577. The van der Waals surface area contributed by atoms with Crippen molar-refractivity contribution >= 4 is 5.69 Å². The average molecular weight is 261 g/mol. The molecule has 0 aliphatic carbocycles. The largest absolute Gasteiger partial charge is 0.497 e. The molecule has 0 heterocycles. The summed E-state index contributed by atoms with van der Waals surface area (Å²) in [4.78, 5) is 2.17. The van der Waals surface area contributed by atoms with Gasteiger partial charge in [-0.05, 0) is 31.0 Å².